The van der Waals surface area contributed by atoms with E-state index in [-0.39, 0.29) is 17.8 Å². The van der Waals surface area contributed by atoms with Crippen molar-refractivity contribution in [3.8, 4) is 11.8 Å². The average Bonchev–Trinajstić information content (AvgIpc) is 2.38. The third-order valence-electron chi connectivity index (χ3n) is 3.56. The monoisotopic (exact) mass is 280 g/mol. The maximum atomic E-state index is 6.14. The van der Waals surface area contributed by atoms with Crippen LogP contribution in [0, 0.1) is 17.3 Å². The van der Waals surface area contributed by atoms with Gasteiger partial charge in [-0.1, -0.05) is 59.8 Å². The van der Waals surface area contributed by atoms with Crippen molar-refractivity contribution in [1.82, 2.24) is 0 Å². The summed E-state index contributed by atoms with van der Waals surface area (Å²) in [6, 6.07) is 0. The molecule has 2 nitrogen and oxygen atoms in total. The zero-order valence-electron chi connectivity index (χ0n) is 14.0. The molecule has 1 aliphatic heterocycles. The van der Waals surface area contributed by atoms with Gasteiger partial charge in [-0.05, 0) is 12.8 Å². The highest BCUT2D eigenvalue weighted by atomic mass is 16.7. The summed E-state index contributed by atoms with van der Waals surface area (Å²) in [5, 5.41) is 0. The first-order valence-corrected chi connectivity index (χ1v) is 8.26. The normalized spacial score (nSPS) is 26.9. The quantitative estimate of drug-likeness (QED) is 0.526. The standard InChI is InChI=1S/C18H32O2/c1-6-8-10-12-15-14-16(13-11-9-7-2)20-17(19-15)18(3,4)5/h15-17H,6-10,12,14H2,1-5H3/t15-,16-,17-/m1/s1. The molecule has 1 fully saturated rings. The van der Waals surface area contributed by atoms with Crippen LogP contribution in [0.1, 0.15) is 79.6 Å². The van der Waals surface area contributed by atoms with Crippen LogP contribution in [-0.2, 0) is 9.47 Å². The van der Waals surface area contributed by atoms with E-state index in [1.807, 2.05) is 0 Å². The second-order valence-electron chi connectivity index (χ2n) is 6.88. The summed E-state index contributed by atoms with van der Waals surface area (Å²) in [4.78, 5) is 0. The molecule has 1 aliphatic rings. The first kappa shape index (κ1) is 17.5. The van der Waals surface area contributed by atoms with Crippen LogP contribution in [0.25, 0.3) is 0 Å². The Kier molecular flexibility index (Phi) is 7.62. The van der Waals surface area contributed by atoms with Gasteiger partial charge in [-0.25, -0.2) is 0 Å². The zero-order chi connectivity index (χ0) is 15.0. The number of hydrogen-bond acceptors (Lipinski definition) is 2. The molecule has 0 saturated carbocycles. The number of rotatable bonds is 5. The summed E-state index contributed by atoms with van der Waals surface area (Å²) in [5.41, 5.74) is 0.00805. The SMILES string of the molecule is CCCC#C[C@@H]1C[C@@H](CCCCC)O[C@@H](C(C)(C)C)O1. The van der Waals surface area contributed by atoms with Crippen molar-refractivity contribution >= 4 is 0 Å². The molecule has 0 aromatic carbocycles. The van der Waals surface area contributed by atoms with Gasteiger partial charge in [-0.2, -0.15) is 0 Å². The van der Waals surface area contributed by atoms with E-state index in [0.717, 1.165) is 25.7 Å². The summed E-state index contributed by atoms with van der Waals surface area (Å²) < 4.78 is 12.2. The summed E-state index contributed by atoms with van der Waals surface area (Å²) in [6.45, 7) is 10.9. The van der Waals surface area contributed by atoms with E-state index < -0.39 is 0 Å². The van der Waals surface area contributed by atoms with Crippen molar-refractivity contribution in [2.45, 2.75) is 98.1 Å². The van der Waals surface area contributed by atoms with E-state index in [1.165, 1.54) is 19.3 Å². The highest BCUT2D eigenvalue weighted by Gasteiger charge is 2.36. The van der Waals surface area contributed by atoms with Gasteiger partial charge < -0.3 is 9.47 Å². The van der Waals surface area contributed by atoms with Crippen molar-refractivity contribution in [3.63, 3.8) is 0 Å². The molecular weight excluding hydrogens is 248 g/mol. The minimum atomic E-state index is -0.135. The predicted molar refractivity (Wildman–Crippen MR) is 84.4 cm³/mol. The molecule has 0 spiro atoms. The molecule has 0 aliphatic carbocycles. The Labute approximate surface area is 125 Å². The van der Waals surface area contributed by atoms with E-state index >= 15 is 0 Å². The fourth-order valence-electron chi connectivity index (χ4n) is 2.33. The van der Waals surface area contributed by atoms with Gasteiger partial charge in [0, 0.05) is 18.3 Å². The number of ether oxygens (including phenoxy) is 2. The Morgan fingerprint density at radius 2 is 1.80 bits per heavy atom. The van der Waals surface area contributed by atoms with Crippen LogP contribution in [0.5, 0.6) is 0 Å². The third-order valence-corrected chi connectivity index (χ3v) is 3.56. The van der Waals surface area contributed by atoms with Crippen LogP contribution in [0.2, 0.25) is 0 Å². The van der Waals surface area contributed by atoms with Crippen LogP contribution in [0.15, 0.2) is 0 Å². The van der Waals surface area contributed by atoms with Crippen molar-refractivity contribution in [3.05, 3.63) is 0 Å². The minimum Gasteiger partial charge on any atom is -0.349 e. The van der Waals surface area contributed by atoms with Crippen LogP contribution >= 0.6 is 0 Å². The van der Waals surface area contributed by atoms with Crippen LogP contribution in [-0.4, -0.2) is 18.5 Å². The van der Waals surface area contributed by atoms with Gasteiger partial charge in [0.2, 0.25) is 0 Å². The Morgan fingerprint density at radius 1 is 1.05 bits per heavy atom. The van der Waals surface area contributed by atoms with Gasteiger partial charge in [0.05, 0.1) is 6.10 Å². The van der Waals surface area contributed by atoms with E-state index in [9.17, 15) is 0 Å². The topological polar surface area (TPSA) is 18.5 Å². The lowest BCUT2D eigenvalue weighted by Gasteiger charge is -2.40. The van der Waals surface area contributed by atoms with Gasteiger partial charge in [0.15, 0.2) is 6.29 Å². The largest absolute Gasteiger partial charge is 0.349 e. The van der Waals surface area contributed by atoms with Gasteiger partial charge in [0.1, 0.15) is 6.10 Å². The molecule has 3 atom stereocenters. The Bertz CT molecular complexity index is 319. The third kappa shape index (κ3) is 6.29. The van der Waals surface area contributed by atoms with Crippen LogP contribution in [0.4, 0.5) is 0 Å². The minimum absolute atomic E-state index is 0.00805. The molecule has 2 heteroatoms. The first-order valence-electron chi connectivity index (χ1n) is 8.26. The van der Waals surface area contributed by atoms with Crippen LogP contribution in [0.3, 0.4) is 0 Å². The van der Waals surface area contributed by atoms with Crippen molar-refractivity contribution in [1.29, 1.82) is 0 Å². The van der Waals surface area contributed by atoms with E-state index in [2.05, 4.69) is 46.5 Å². The lowest BCUT2D eigenvalue weighted by Crippen LogP contribution is -2.44. The molecule has 20 heavy (non-hydrogen) atoms. The zero-order valence-corrected chi connectivity index (χ0v) is 14.0. The molecule has 116 valence electrons. The molecule has 0 unspecified atom stereocenters. The molecule has 0 N–H and O–H groups in total. The van der Waals surface area contributed by atoms with Crippen molar-refractivity contribution in [2.24, 2.45) is 5.41 Å². The van der Waals surface area contributed by atoms with Crippen molar-refractivity contribution in [2.75, 3.05) is 0 Å². The summed E-state index contributed by atoms with van der Waals surface area (Å²) in [5.74, 6) is 6.53. The lowest BCUT2D eigenvalue weighted by molar-refractivity contribution is -0.268. The molecule has 0 aromatic heterocycles. The van der Waals surface area contributed by atoms with Gasteiger partial charge in [0.25, 0.3) is 0 Å². The second-order valence-corrected chi connectivity index (χ2v) is 6.88. The summed E-state index contributed by atoms with van der Waals surface area (Å²) in [7, 11) is 0. The van der Waals surface area contributed by atoms with Gasteiger partial charge >= 0.3 is 0 Å². The van der Waals surface area contributed by atoms with Gasteiger partial charge in [-0.3, -0.25) is 0 Å². The molecule has 0 amide bonds. The molecule has 1 rings (SSSR count). The summed E-state index contributed by atoms with van der Waals surface area (Å²) >= 11 is 0. The molecule has 1 saturated heterocycles. The Hall–Kier alpha value is -0.520. The smallest absolute Gasteiger partial charge is 0.164 e. The maximum absolute atomic E-state index is 6.14. The summed E-state index contributed by atoms with van der Waals surface area (Å²) in [6.07, 6.45) is 8.13. The van der Waals surface area contributed by atoms with Crippen molar-refractivity contribution < 1.29 is 9.47 Å². The van der Waals surface area contributed by atoms with E-state index in [0.29, 0.717) is 6.10 Å². The number of unbranched alkanes of at least 4 members (excludes halogenated alkanes) is 3. The second kappa shape index (κ2) is 8.70. The molecule has 0 bridgehead atoms. The molecule has 0 aromatic rings. The lowest BCUT2D eigenvalue weighted by atomic mass is 9.93. The number of hydrogen-bond donors (Lipinski definition) is 0. The van der Waals surface area contributed by atoms with Gasteiger partial charge in [-0.15, -0.1) is 5.92 Å². The highest BCUT2D eigenvalue weighted by molar-refractivity contribution is 5.06. The fourth-order valence-corrected chi connectivity index (χ4v) is 2.33. The van der Waals surface area contributed by atoms with E-state index in [4.69, 9.17) is 9.47 Å². The molecule has 0 radical (unpaired) electrons. The predicted octanol–water partition coefficient (Wildman–Crippen LogP) is 4.92. The highest BCUT2D eigenvalue weighted by Crippen LogP contribution is 2.32. The first-order chi connectivity index (χ1) is 9.47. The Balaban J connectivity index is 2.61. The van der Waals surface area contributed by atoms with Crippen LogP contribution < -0.4 is 0 Å². The molecular formula is C18H32O2. The maximum Gasteiger partial charge on any atom is 0.164 e. The Morgan fingerprint density at radius 3 is 2.40 bits per heavy atom. The average molecular weight is 280 g/mol. The fraction of sp³-hybridized carbons (Fsp3) is 0.889. The van der Waals surface area contributed by atoms with E-state index in [1.54, 1.807) is 0 Å². The molecule has 1 heterocycles.